The Morgan fingerprint density at radius 3 is 2.00 bits per heavy atom. The van der Waals surface area contributed by atoms with Crippen LogP contribution in [0.1, 0.15) is 5.56 Å². The van der Waals surface area contributed by atoms with Crippen molar-refractivity contribution in [2.75, 3.05) is 33.0 Å². The fourth-order valence-electron chi connectivity index (χ4n) is 2.71. The van der Waals surface area contributed by atoms with E-state index >= 15 is 0 Å². The summed E-state index contributed by atoms with van der Waals surface area (Å²) >= 11 is 0. The van der Waals surface area contributed by atoms with E-state index in [0.717, 1.165) is 0 Å². The van der Waals surface area contributed by atoms with Crippen molar-refractivity contribution in [3.05, 3.63) is 35.9 Å². The molecule has 1 aromatic carbocycles. The predicted molar refractivity (Wildman–Crippen MR) is 59.3 cm³/mol. The summed E-state index contributed by atoms with van der Waals surface area (Å²) in [7, 11) is 0. The number of aliphatic hydroxyl groups excluding tert-OH is 1. The van der Waals surface area contributed by atoms with Crippen molar-refractivity contribution in [1.29, 1.82) is 0 Å². The molecule has 0 amide bonds. The normalized spacial score (nSPS) is 25.6. The Morgan fingerprint density at radius 2 is 1.62 bits per heavy atom. The van der Waals surface area contributed by atoms with Crippen LogP contribution in [-0.4, -0.2) is 38.1 Å². The quantitative estimate of drug-likeness (QED) is 0.824. The first-order valence-corrected chi connectivity index (χ1v) is 5.65. The highest BCUT2D eigenvalue weighted by Crippen LogP contribution is 2.51. The summed E-state index contributed by atoms with van der Waals surface area (Å²) in [6.07, 6.45) is 0. The molecule has 0 radical (unpaired) electrons. The minimum Gasteiger partial charge on any atom is -0.396 e. The third kappa shape index (κ3) is 1.14. The largest absolute Gasteiger partial charge is 0.396 e. The summed E-state index contributed by atoms with van der Waals surface area (Å²) in [6.45, 7) is 2.84. The van der Waals surface area contributed by atoms with Crippen molar-refractivity contribution in [3.63, 3.8) is 0 Å². The van der Waals surface area contributed by atoms with Gasteiger partial charge in [-0.1, -0.05) is 30.3 Å². The van der Waals surface area contributed by atoms with Crippen molar-refractivity contribution in [1.82, 2.24) is 0 Å². The minimum absolute atomic E-state index is 0.0404. The van der Waals surface area contributed by atoms with Gasteiger partial charge in [0.2, 0.25) is 0 Å². The SMILES string of the molecule is OCC1(C2(c3ccccc3)COC2)COC1. The van der Waals surface area contributed by atoms with E-state index in [4.69, 9.17) is 9.47 Å². The first-order chi connectivity index (χ1) is 7.83. The first kappa shape index (κ1) is 10.3. The van der Waals surface area contributed by atoms with E-state index in [-0.39, 0.29) is 17.4 Å². The highest BCUT2D eigenvalue weighted by Gasteiger charge is 2.60. The third-order valence-electron chi connectivity index (χ3n) is 4.10. The Labute approximate surface area is 95.0 Å². The van der Waals surface area contributed by atoms with E-state index in [1.807, 2.05) is 18.2 Å². The van der Waals surface area contributed by atoms with Crippen LogP contribution in [0.4, 0.5) is 0 Å². The van der Waals surface area contributed by atoms with Crippen LogP contribution in [-0.2, 0) is 14.9 Å². The number of benzene rings is 1. The lowest BCUT2D eigenvalue weighted by atomic mass is 9.57. The zero-order valence-corrected chi connectivity index (χ0v) is 9.19. The molecule has 3 heteroatoms. The molecule has 2 aliphatic heterocycles. The van der Waals surface area contributed by atoms with Crippen molar-refractivity contribution < 1.29 is 14.6 Å². The van der Waals surface area contributed by atoms with Gasteiger partial charge in [0.05, 0.1) is 43.9 Å². The second-order valence-electron chi connectivity index (χ2n) is 4.87. The van der Waals surface area contributed by atoms with Crippen molar-refractivity contribution in [2.45, 2.75) is 5.41 Å². The minimum atomic E-state index is -0.132. The monoisotopic (exact) mass is 220 g/mol. The van der Waals surface area contributed by atoms with Gasteiger partial charge in [0.25, 0.3) is 0 Å². The van der Waals surface area contributed by atoms with Gasteiger partial charge < -0.3 is 14.6 Å². The number of hydrogen-bond acceptors (Lipinski definition) is 3. The average molecular weight is 220 g/mol. The van der Waals surface area contributed by atoms with E-state index in [2.05, 4.69) is 12.1 Å². The zero-order valence-electron chi connectivity index (χ0n) is 9.19. The molecular weight excluding hydrogens is 204 g/mol. The van der Waals surface area contributed by atoms with Crippen LogP contribution in [0.15, 0.2) is 30.3 Å². The molecule has 0 atom stereocenters. The summed E-state index contributed by atoms with van der Waals surface area (Å²) in [5, 5.41) is 9.66. The van der Waals surface area contributed by atoms with Crippen LogP contribution in [0.3, 0.4) is 0 Å². The lowest BCUT2D eigenvalue weighted by molar-refractivity contribution is -0.242. The van der Waals surface area contributed by atoms with Crippen LogP contribution < -0.4 is 0 Å². The van der Waals surface area contributed by atoms with Gasteiger partial charge in [-0.15, -0.1) is 0 Å². The lowest BCUT2D eigenvalue weighted by Crippen LogP contribution is -2.68. The summed E-state index contributed by atoms with van der Waals surface area (Å²) in [6, 6.07) is 10.3. The molecule has 0 saturated carbocycles. The highest BCUT2D eigenvalue weighted by molar-refractivity contribution is 5.33. The molecule has 2 saturated heterocycles. The maximum absolute atomic E-state index is 9.66. The van der Waals surface area contributed by atoms with Crippen LogP contribution in [0.2, 0.25) is 0 Å². The zero-order chi connectivity index (χ0) is 11.1. The first-order valence-electron chi connectivity index (χ1n) is 5.65. The van der Waals surface area contributed by atoms with Crippen LogP contribution >= 0.6 is 0 Å². The molecule has 2 heterocycles. The fourth-order valence-corrected chi connectivity index (χ4v) is 2.71. The van der Waals surface area contributed by atoms with E-state index in [9.17, 15) is 5.11 Å². The Kier molecular flexibility index (Phi) is 2.28. The van der Waals surface area contributed by atoms with Crippen LogP contribution in [0.5, 0.6) is 0 Å². The van der Waals surface area contributed by atoms with Crippen LogP contribution in [0, 0.1) is 5.41 Å². The molecule has 1 aromatic rings. The number of aliphatic hydroxyl groups is 1. The standard InChI is InChI=1S/C13H16O3/c14-6-12(7-15-8-12)13(9-16-10-13)11-4-2-1-3-5-11/h1-5,14H,6-10H2. The molecule has 0 aliphatic carbocycles. The Hall–Kier alpha value is -0.900. The number of rotatable bonds is 3. The molecule has 3 nitrogen and oxygen atoms in total. The molecule has 16 heavy (non-hydrogen) atoms. The Balaban J connectivity index is 2.00. The van der Waals surface area contributed by atoms with E-state index in [1.54, 1.807) is 0 Å². The van der Waals surface area contributed by atoms with Gasteiger partial charge in [0, 0.05) is 0 Å². The maximum atomic E-state index is 9.66. The number of ether oxygens (including phenoxy) is 2. The van der Waals surface area contributed by atoms with Crippen molar-refractivity contribution in [3.8, 4) is 0 Å². The Bertz CT molecular complexity index is 361. The third-order valence-corrected chi connectivity index (χ3v) is 4.10. The predicted octanol–water partition coefficient (Wildman–Crippen LogP) is 0.964. The van der Waals surface area contributed by atoms with Crippen LogP contribution in [0.25, 0.3) is 0 Å². The highest BCUT2D eigenvalue weighted by atomic mass is 16.5. The molecule has 1 N–H and O–H groups in total. The summed E-state index contributed by atoms with van der Waals surface area (Å²) < 4.78 is 10.7. The summed E-state index contributed by atoms with van der Waals surface area (Å²) in [4.78, 5) is 0. The molecule has 0 bridgehead atoms. The molecule has 3 rings (SSSR count). The molecule has 0 aromatic heterocycles. The van der Waals surface area contributed by atoms with Gasteiger partial charge in [0.1, 0.15) is 0 Å². The van der Waals surface area contributed by atoms with Gasteiger partial charge in [-0.05, 0) is 5.56 Å². The molecule has 0 spiro atoms. The topological polar surface area (TPSA) is 38.7 Å². The smallest absolute Gasteiger partial charge is 0.0593 e. The maximum Gasteiger partial charge on any atom is 0.0593 e. The van der Waals surface area contributed by atoms with Gasteiger partial charge in [0.15, 0.2) is 0 Å². The van der Waals surface area contributed by atoms with Gasteiger partial charge >= 0.3 is 0 Å². The molecule has 2 aliphatic rings. The second kappa shape index (κ2) is 3.55. The average Bonchev–Trinajstić information content (AvgIpc) is 2.22. The van der Waals surface area contributed by atoms with Crippen molar-refractivity contribution in [2.24, 2.45) is 5.41 Å². The lowest BCUT2D eigenvalue weighted by Gasteiger charge is -2.58. The Morgan fingerprint density at radius 1 is 1.00 bits per heavy atom. The summed E-state index contributed by atoms with van der Waals surface area (Å²) in [5.74, 6) is 0. The van der Waals surface area contributed by atoms with Gasteiger partial charge in [-0.3, -0.25) is 0 Å². The van der Waals surface area contributed by atoms with E-state index in [0.29, 0.717) is 26.4 Å². The molecule has 2 fully saturated rings. The fraction of sp³-hybridized carbons (Fsp3) is 0.538. The van der Waals surface area contributed by atoms with Crippen molar-refractivity contribution >= 4 is 0 Å². The molecule has 86 valence electrons. The van der Waals surface area contributed by atoms with E-state index in [1.165, 1.54) is 5.56 Å². The molecular formula is C13H16O3. The summed E-state index contributed by atoms with van der Waals surface area (Å²) in [5.41, 5.74) is 1.09. The van der Waals surface area contributed by atoms with Gasteiger partial charge in [-0.25, -0.2) is 0 Å². The second-order valence-corrected chi connectivity index (χ2v) is 4.87. The van der Waals surface area contributed by atoms with Gasteiger partial charge in [-0.2, -0.15) is 0 Å². The molecule has 0 unspecified atom stereocenters. The number of hydrogen-bond donors (Lipinski definition) is 1. The van der Waals surface area contributed by atoms with E-state index < -0.39 is 0 Å².